The average Bonchev–Trinajstić information content (AvgIpc) is 3.51. The van der Waals surface area contributed by atoms with Crippen molar-refractivity contribution in [2.45, 2.75) is 165 Å². The summed E-state index contributed by atoms with van der Waals surface area (Å²) in [6, 6.07) is 17.1. The molecule has 0 saturated heterocycles. The van der Waals surface area contributed by atoms with Crippen LogP contribution >= 0.6 is 11.3 Å². The average molecular weight is 965 g/mol. The minimum Gasteiger partial charge on any atom is -0.512 e. The van der Waals surface area contributed by atoms with Gasteiger partial charge < -0.3 is 5.11 Å². The fraction of sp³-hybridized carbons (Fsp3) is 0.538. The number of thiophene rings is 1. The first-order valence-corrected chi connectivity index (χ1v) is 22.2. The van der Waals surface area contributed by atoms with Crippen LogP contribution in [0.4, 0.5) is 0 Å². The summed E-state index contributed by atoms with van der Waals surface area (Å²) in [5, 5.41) is 15.0. The second kappa shape index (κ2) is 17.8. The molecule has 6 rings (SSSR count). The Morgan fingerprint density at radius 2 is 1.44 bits per heavy atom. The van der Waals surface area contributed by atoms with Gasteiger partial charge in [0.15, 0.2) is 5.78 Å². The van der Waals surface area contributed by atoms with Crippen LogP contribution in [0.25, 0.3) is 42.2 Å². The fourth-order valence-corrected chi connectivity index (χ4v) is 10.8. The number of ketones is 1. The molecule has 1 N–H and O–H groups in total. The number of allylic oxidation sites excluding steroid dienone is 2. The van der Waals surface area contributed by atoms with E-state index in [1.807, 2.05) is 45.2 Å². The number of rotatable bonds is 9. The number of hydrogen-bond acceptors (Lipinski definition) is 4. The van der Waals surface area contributed by atoms with E-state index in [0.29, 0.717) is 0 Å². The molecule has 0 unspecified atom stereocenters. The van der Waals surface area contributed by atoms with E-state index in [2.05, 4.69) is 119 Å². The summed E-state index contributed by atoms with van der Waals surface area (Å²) in [5.41, 5.74) is 10.3. The van der Waals surface area contributed by atoms with E-state index >= 15 is 0 Å². The van der Waals surface area contributed by atoms with Crippen molar-refractivity contribution in [3.63, 3.8) is 0 Å². The smallest absolute Gasteiger partial charge is 0.162 e. The molecule has 0 saturated carbocycles. The first-order chi connectivity index (χ1) is 26.1. The number of pyridine rings is 1. The van der Waals surface area contributed by atoms with Crippen LogP contribution in [-0.2, 0) is 47.6 Å². The van der Waals surface area contributed by atoms with Gasteiger partial charge in [-0.25, -0.2) is 0 Å². The third kappa shape index (κ3) is 9.63. The van der Waals surface area contributed by atoms with Crippen molar-refractivity contribution in [1.29, 1.82) is 0 Å². The van der Waals surface area contributed by atoms with Crippen molar-refractivity contribution in [1.82, 2.24) is 4.98 Å². The van der Waals surface area contributed by atoms with Gasteiger partial charge in [-0.15, -0.1) is 40.5 Å². The van der Waals surface area contributed by atoms with Gasteiger partial charge in [-0.2, -0.15) is 0 Å². The third-order valence-electron chi connectivity index (χ3n) is 12.6. The van der Waals surface area contributed by atoms with Crippen molar-refractivity contribution < 1.29 is 30.0 Å². The Kier molecular flexibility index (Phi) is 14.6. The van der Waals surface area contributed by atoms with Crippen molar-refractivity contribution in [2.24, 2.45) is 17.3 Å². The van der Waals surface area contributed by atoms with Gasteiger partial charge in [0, 0.05) is 64.7 Å². The van der Waals surface area contributed by atoms with Gasteiger partial charge in [0.05, 0.1) is 5.76 Å². The number of hydrogen-bond donors (Lipinski definition) is 1. The molecule has 5 heteroatoms. The number of nitrogens with zero attached hydrogens (tertiary/aromatic N) is 1. The first kappa shape index (κ1) is 46.8. The van der Waals surface area contributed by atoms with Crippen LogP contribution in [0.5, 0.6) is 0 Å². The zero-order chi connectivity index (χ0) is 41.5. The Bertz CT molecular complexity index is 2250. The standard InChI is InChI=1S/C39H46NS.C13H24O2.Ir/c1-23-28(22-36(2,3)4)30-27-16-19-40-33(25-20-24-14-12-13-15-26(24)29(21-25)37(5,6)7)34(27)41-35(30)32-31(23)38(8,9)17-18-39(32,10)11;1-5-10(6-2)12(14)9-13(15)11(7-3)8-4;/h12-16,19,21H,17-18,22H2,1-11H3;9-11,14H,5-8H2,1-4H3;/q-1;;/b;12-9-;. The van der Waals surface area contributed by atoms with Crippen LogP contribution < -0.4 is 0 Å². The Morgan fingerprint density at radius 3 is 2.00 bits per heavy atom. The molecule has 311 valence electrons. The van der Waals surface area contributed by atoms with Gasteiger partial charge in [0.25, 0.3) is 0 Å². The predicted octanol–water partition coefficient (Wildman–Crippen LogP) is 15.5. The molecular weight excluding hydrogens is 895 g/mol. The molecule has 0 atom stereocenters. The molecule has 0 amide bonds. The van der Waals surface area contributed by atoms with E-state index in [1.54, 1.807) is 16.7 Å². The molecule has 5 aromatic rings. The molecule has 1 radical (unpaired) electrons. The Labute approximate surface area is 362 Å². The summed E-state index contributed by atoms with van der Waals surface area (Å²) in [6.45, 7) is 34.4. The monoisotopic (exact) mass is 965 g/mol. The summed E-state index contributed by atoms with van der Waals surface area (Å²) in [4.78, 5) is 16.8. The molecule has 3 aromatic carbocycles. The van der Waals surface area contributed by atoms with Gasteiger partial charge in [0.2, 0.25) is 0 Å². The van der Waals surface area contributed by atoms with Crippen LogP contribution in [0.15, 0.2) is 54.4 Å². The van der Waals surface area contributed by atoms with Gasteiger partial charge in [-0.1, -0.05) is 126 Å². The Hall–Kier alpha value is -2.85. The molecular formula is C52H70IrNO2S-. The van der Waals surface area contributed by atoms with Crippen LogP contribution in [0, 0.1) is 30.2 Å². The zero-order valence-electron chi connectivity index (χ0n) is 37.8. The number of carbonyl (C=O) groups is 1. The van der Waals surface area contributed by atoms with E-state index in [9.17, 15) is 9.90 Å². The SMILES string of the molecule is CCC(CC)C(=O)/C=C(\O)C(CC)CC.Cc1c2c(c3sc4c(-c5[c-]c6ccccc6c(C(C)(C)C)c5)nccc4c3c1CC(C)(C)C)C(C)(C)CCC2(C)C.[Ir]. The Morgan fingerprint density at radius 1 is 0.860 bits per heavy atom. The maximum Gasteiger partial charge on any atom is 0.162 e. The van der Waals surface area contributed by atoms with Crippen LogP contribution in [0.3, 0.4) is 0 Å². The molecule has 2 aromatic heterocycles. The molecule has 57 heavy (non-hydrogen) atoms. The predicted molar refractivity (Wildman–Crippen MR) is 245 cm³/mol. The quantitative estimate of drug-likeness (QED) is 0.0910. The molecule has 0 spiro atoms. The molecule has 0 fully saturated rings. The van der Waals surface area contributed by atoms with E-state index in [0.717, 1.165) is 43.4 Å². The first-order valence-electron chi connectivity index (χ1n) is 21.4. The van der Waals surface area contributed by atoms with E-state index < -0.39 is 0 Å². The van der Waals surface area contributed by atoms with Crippen molar-refractivity contribution in [2.75, 3.05) is 0 Å². The van der Waals surface area contributed by atoms with Gasteiger partial charge in [0.1, 0.15) is 0 Å². The van der Waals surface area contributed by atoms with E-state index in [1.165, 1.54) is 61.0 Å². The van der Waals surface area contributed by atoms with Crippen molar-refractivity contribution >= 4 is 48.1 Å². The number of carbonyl (C=O) groups excluding carboxylic acids is 1. The van der Waals surface area contributed by atoms with E-state index in [-0.39, 0.29) is 65.1 Å². The molecule has 3 nitrogen and oxygen atoms in total. The minimum atomic E-state index is 0. The summed E-state index contributed by atoms with van der Waals surface area (Å²) in [7, 11) is 0. The summed E-state index contributed by atoms with van der Waals surface area (Å²) in [5.74, 6) is 0.547. The summed E-state index contributed by atoms with van der Waals surface area (Å²) in [6.07, 6.45) is 10.5. The second-order valence-corrected chi connectivity index (χ2v) is 21.1. The molecule has 1 aliphatic carbocycles. The summed E-state index contributed by atoms with van der Waals surface area (Å²) < 4.78 is 2.79. The number of benzene rings is 3. The third-order valence-corrected chi connectivity index (χ3v) is 13.8. The molecule has 1 aliphatic rings. The number of aromatic nitrogens is 1. The second-order valence-electron chi connectivity index (χ2n) is 20.1. The zero-order valence-corrected chi connectivity index (χ0v) is 41.0. The van der Waals surface area contributed by atoms with Gasteiger partial charge in [-0.3, -0.25) is 9.78 Å². The molecule has 0 bridgehead atoms. The topological polar surface area (TPSA) is 50.2 Å². The van der Waals surface area contributed by atoms with Crippen LogP contribution in [0.1, 0.15) is 163 Å². The van der Waals surface area contributed by atoms with Crippen molar-refractivity contribution in [3.05, 3.63) is 88.3 Å². The largest absolute Gasteiger partial charge is 0.512 e. The Balaban J connectivity index is 0.000000385. The maximum atomic E-state index is 11.7. The van der Waals surface area contributed by atoms with Crippen LogP contribution in [0.2, 0.25) is 0 Å². The van der Waals surface area contributed by atoms with Crippen LogP contribution in [-0.4, -0.2) is 15.9 Å². The van der Waals surface area contributed by atoms with Gasteiger partial charge in [-0.05, 0) is 107 Å². The minimum absolute atomic E-state index is 0. The number of aliphatic hydroxyl groups excluding tert-OH is 1. The number of aliphatic hydroxyl groups is 1. The fourth-order valence-electron chi connectivity index (χ4n) is 9.21. The van der Waals surface area contributed by atoms with Gasteiger partial charge >= 0.3 is 0 Å². The summed E-state index contributed by atoms with van der Waals surface area (Å²) >= 11 is 1.99. The number of fused-ring (bicyclic) bond motifs is 6. The molecule has 2 heterocycles. The van der Waals surface area contributed by atoms with Crippen molar-refractivity contribution in [3.8, 4) is 11.3 Å². The van der Waals surface area contributed by atoms with E-state index in [4.69, 9.17) is 4.98 Å². The maximum absolute atomic E-state index is 11.7. The normalized spacial score (nSPS) is 15.5. The molecule has 0 aliphatic heterocycles.